The number of urea groups is 1. The van der Waals surface area contributed by atoms with Gasteiger partial charge < -0.3 is 5.32 Å². The molecular formula is C21H19ClN4O3S2. The van der Waals surface area contributed by atoms with Crippen LogP contribution in [-0.2, 0) is 22.4 Å². The van der Waals surface area contributed by atoms with Gasteiger partial charge in [-0.1, -0.05) is 41.9 Å². The summed E-state index contributed by atoms with van der Waals surface area (Å²) in [5, 5.41) is 6.00. The third-order valence-electron chi connectivity index (χ3n) is 4.93. The minimum atomic E-state index is -1.08. The molecule has 1 aromatic carbocycles. The SMILES string of the molecule is CC1(CCc2ccccc2)NC(=O)N(NC(=O)Cc2csc(-c3ccc(Cl)s3)n2)C1=O. The van der Waals surface area contributed by atoms with Gasteiger partial charge in [0, 0.05) is 5.38 Å². The van der Waals surface area contributed by atoms with Gasteiger partial charge in [0.05, 0.1) is 21.3 Å². The van der Waals surface area contributed by atoms with Gasteiger partial charge in [0.1, 0.15) is 10.5 Å². The lowest BCUT2D eigenvalue weighted by Gasteiger charge is -2.21. The second-order valence-electron chi connectivity index (χ2n) is 7.35. The van der Waals surface area contributed by atoms with Gasteiger partial charge in [-0.25, -0.2) is 9.78 Å². The molecule has 2 N–H and O–H groups in total. The maximum Gasteiger partial charge on any atom is 0.344 e. The largest absolute Gasteiger partial charge is 0.344 e. The molecule has 0 spiro atoms. The van der Waals surface area contributed by atoms with Gasteiger partial charge in [0.2, 0.25) is 5.91 Å². The van der Waals surface area contributed by atoms with Crippen molar-refractivity contribution in [2.75, 3.05) is 0 Å². The van der Waals surface area contributed by atoms with Crippen LogP contribution in [0.4, 0.5) is 4.79 Å². The van der Waals surface area contributed by atoms with Crippen LogP contribution in [0.25, 0.3) is 9.88 Å². The first-order valence-electron chi connectivity index (χ1n) is 9.54. The summed E-state index contributed by atoms with van der Waals surface area (Å²) < 4.78 is 0.665. The van der Waals surface area contributed by atoms with Crippen molar-refractivity contribution in [3.63, 3.8) is 0 Å². The second kappa shape index (κ2) is 8.78. The summed E-state index contributed by atoms with van der Waals surface area (Å²) in [6.07, 6.45) is 1.000. The average Bonchev–Trinajstić information content (AvgIpc) is 3.43. The molecule has 10 heteroatoms. The smallest absolute Gasteiger partial charge is 0.322 e. The van der Waals surface area contributed by atoms with Crippen LogP contribution >= 0.6 is 34.3 Å². The quantitative estimate of drug-likeness (QED) is 0.505. The van der Waals surface area contributed by atoms with E-state index in [9.17, 15) is 14.4 Å². The summed E-state index contributed by atoms with van der Waals surface area (Å²) in [5.41, 5.74) is 2.96. The Labute approximate surface area is 192 Å². The van der Waals surface area contributed by atoms with Gasteiger partial charge in [0.15, 0.2) is 0 Å². The molecule has 3 heterocycles. The molecule has 2 aromatic heterocycles. The lowest BCUT2D eigenvalue weighted by molar-refractivity contribution is -0.138. The number of hydrazine groups is 1. The Morgan fingerprint density at radius 3 is 2.71 bits per heavy atom. The zero-order valence-corrected chi connectivity index (χ0v) is 18.9. The highest BCUT2D eigenvalue weighted by Gasteiger charge is 2.48. The van der Waals surface area contributed by atoms with Crippen LogP contribution in [0.2, 0.25) is 4.34 Å². The van der Waals surface area contributed by atoms with Crippen molar-refractivity contribution in [2.45, 2.75) is 31.7 Å². The highest BCUT2D eigenvalue weighted by molar-refractivity contribution is 7.23. The maximum atomic E-state index is 12.8. The van der Waals surface area contributed by atoms with E-state index in [0.717, 1.165) is 20.5 Å². The van der Waals surface area contributed by atoms with Gasteiger partial charge in [-0.3, -0.25) is 15.0 Å². The summed E-state index contributed by atoms with van der Waals surface area (Å²) >= 11 is 8.78. The van der Waals surface area contributed by atoms with Crippen molar-refractivity contribution in [3.05, 3.63) is 63.4 Å². The number of thiophene rings is 1. The summed E-state index contributed by atoms with van der Waals surface area (Å²) in [6, 6.07) is 12.7. The molecule has 0 aliphatic carbocycles. The third-order valence-corrected chi connectivity index (χ3v) is 7.22. The summed E-state index contributed by atoms with van der Waals surface area (Å²) in [5.74, 6) is -0.967. The van der Waals surface area contributed by atoms with Crippen LogP contribution in [0, 0.1) is 0 Å². The number of aryl methyl sites for hydroxylation is 1. The topological polar surface area (TPSA) is 91.4 Å². The van der Waals surface area contributed by atoms with E-state index in [0.29, 0.717) is 22.9 Å². The number of imide groups is 1. The number of carbonyl (C=O) groups excluding carboxylic acids is 3. The van der Waals surface area contributed by atoms with Crippen molar-refractivity contribution in [2.24, 2.45) is 0 Å². The lowest BCUT2D eigenvalue weighted by Crippen LogP contribution is -2.49. The van der Waals surface area contributed by atoms with E-state index in [1.807, 2.05) is 36.4 Å². The first kappa shape index (κ1) is 21.5. The Morgan fingerprint density at radius 1 is 1.23 bits per heavy atom. The molecule has 0 saturated carbocycles. The summed E-state index contributed by atoms with van der Waals surface area (Å²) in [6.45, 7) is 1.67. The lowest BCUT2D eigenvalue weighted by atomic mass is 9.93. The van der Waals surface area contributed by atoms with Crippen LogP contribution in [0.3, 0.4) is 0 Å². The van der Waals surface area contributed by atoms with E-state index >= 15 is 0 Å². The highest BCUT2D eigenvalue weighted by Crippen LogP contribution is 2.33. The normalized spacial score (nSPS) is 18.3. The van der Waals surface area contributed by atoms with E-state index in [4.69, 9.17) is 11.6 Å². The number of aromatic nitrogens is 1. The molecule has 31 heavy (non-hydrogen) atoms. The summed E-state index contributed by atoms with van der Waals surface area (Å²) in [7, 11) is 0. The number of amides is 4. The standard InChI is InChI=1S/C21H19ClN4O3S2/c1-21(10-9-13-5-3-2-4-6-13)19(28)26(20(29)24-21)25-17(27)11-14-12-30-18(23-14)15-7-8-16(22)31-15/h2-8,12H,9-11H2,1H3,(H,24,29)(H,25,27). The number of thiazole rings is 1. The Bertz CT molecular complexity index is 1130. The molecule has 4 rings (SSSR count). The monoisotopic (exact) mass is 474 g/mol. The fourth-order valence-electron chi connectivity index (χ4n) is 3.25. The molecule has 4 amide bonds. The zero-order valence-electron chi connectivity index (χ0n) is 16.6. The molecule has 3 aromatic rings. The van der Waals surface area contributed by atoms with Gasteiger partial charge in [0.25, 0.3) is 5.91 Å². The molecule has 7 nitrogen and oxygen atoms in total. The predicted molar refractivity (Wildman–Crippen MR) is 121 cm³/mol. The molecule has 160 valence electrons. The predicted octanol–water partition coefficient (Wildman–Crippen LogP) is 4.04. The average molecular weight is 475 g/mol. The van der Waals surface area contributed by atoms with Crippen molar-refractivity contribution >= 4 is 52.1 Å². The zero-order chi connectivity index (χ0) is 22.0. The fourth-order valence-corrected chi connectivity index (χ4v) is 5.19. The fraction of sp³-hybridized carbons (Fsp3) is 0.238. The molecule has 1 fully saturated rings. The number of rotatable bonds is 7. The van der Waals surface area contributed by atoms with Crippen molar-refractivity contribution < 1.29 is 14.4 Å². The first-order valence-corrected chi connectivity index (χ1v) is 11.6. The van der Waals surface area contributed by atoms with Crippen LogP contribution in [0.15, 0.2) is 47.8 Å². The maximum absolute atomic E-state index is 12.8. The Hall–Kier alpha value is -2.75. The highest BCUT2D eigenvalue weighted by atomic mass is 35.5. The summed E-state index contributed by atoms with van der Waals surface area (Å²) in [4.78, 5) is 43.0. The van der Waals surface area contributed by atoms with Gasteiger partial charge >= 0.3 is 6.03 Å². The molecular weight excluding hydrogens is 456 g/mol. The van der Waals surface area contributed by atoms with Crippen molar-refractivity contribution in [3.8, 4) is 9.88 Å². The number of benzene rings is 1. The Morgan fingerprint density at radius 2 is 2.00 bits per heavy atom. The van der Waals surface area contributed by atoms with E-state index in [-0.39, 0.29) is 6.42 Å². The van der Waals surface area contributed by atoms with E-state index in [1.165, 1.54) is 22.7 Å². The molecule has 1 aliphatic heterocycles. The number of nitrogens with one attached hydrogen (secondary N) is 2. The van der Waals surface area contributed by atoms with Crippen molar-refractivity contribution in [1.82, 2.24) is 20.7 Å². The number of hydrogen-bond donors (Lipinski definition) is 2. The Balaban J connectivity index is 1.36. The molecule has 0 radical (unpaired) electrons. The number of hydrogen-bond acceptors (Lipinski definition) is 6. The Kier molecular flexibility index (Phi) is 6.08. The van der Waals surface area contributed by atoms with Gasteiger partial charge in [-0.2, -0.15) is 5.01 Å². The van der Waals surface area contributed by atoms with Crippen LogP contribution < -0.4 is 10.7 Å². The molecule has 0 bridgehead atoms. The number of carbonyl (C=O) groups is 3. The number of halogens is 1. The van der Waals surface area contributed by atoms with Gasteiger partial charge in [-0.15, -0.1) is 22.7 Å². The van der Waals surface area contributed by atoms with Crippen molar-refractivity contribution in [1.29, 1.82) is 0 Å². The van der Waals surface area contributed by atoms with E-state index < -0.39 is 23.4 Å². The molecule has 1 atom stereocenters. The van der Waals surface area contributed by atoms with Crippen LogP contribution in [0.5, 0.6) is 0 Å². The second-order valence-corrected chi connectivity index (χ2v) is 9.92. The molecule has 1 aliphatic rings. The minimum absolute atomic E-state index is 0.0482. The third kappa shape index (κ3) is 4.79. The molecule has 1 unspecified atom stereocenters. The van der Waals surface area contributed by atoms with E-state index in [2.05, 4.69) is 15.7 Å². The van der Waals surface area contributed by atoms with E-state index in [1.54, 1.807) is 18.4 Å². The van der Waals surface area contributed by atoms with Gasteiger partial charge in [-0.05, 0) is 37.5 Å². The first-order chi connectivity index (χ1) is 14.8. The molecule has 1 saturated heterocycles. The van der Waals surface area contributed by atoms with Crippen LogP contribution in [-0.4, -0.2) is 33.4 Å². The minimum Gasteiger partial charge on any atom is -0.322 e. The number of nitrogens with zero attached hydrogens (tertiary/aromatic N) is 2. The van der Waals surface area contributed by atoms with Crippen LogP contribution in [0.1, 0.15) is 24.6 Å².